The highest BCUT2D eigenvalue weighted by Crippen LogP contribution is 2.15. The van der Waals surface area contributed by atoms with E-state index >= 15 is 0 Å². The van der Waals surface area contributed by atoms with Gasteiger partial charge in [-0.2, -0.15) is 0 Å². The van der Waals surface area contributed by atoms with E-state index in [-0.39, 0.29) is 10.8 Å². The summed E-state index contributed by atoms with van der Waals surface area (Å²) >= 11 is 0. The molecule has 0 aliphatic rings. The first-order chi connectivity index (χ1) is 8.88. The SMILES string of the molecule is Cc1oncc1C(=O)Nc1ccc(S(N)(=O)=O)cc1. The number of nitrogens with zero attached hydrogens (tertiary/aromatic N) is 1. The van der Waals surface area contributed by atoms with Crippen LogP contribution in [0.15, 0.2) is 39.9 Å². The van der Waals surface area contributed by atoms with Gasteiger partial charge in [0.2, 0.25) is 10.0 Å². The average Bonchev–Trinajstić information content (AvgIpc) is 2.75. The lowest BCUT2D eigenvalue weighted by atomic mass is 10.2. The summed E-state index contributed by atoms with van der Waals surface area (Å²) in [4.78, 5) is 11.8. The summed E-state index contributed by atoms with van der Waals surface area (Å²) in [5.41, 5.74) is 0.758. The van der Waals surface area contributed by atoms with Crippen molar-refractivity contribution in [3.8, 4) is 0 Å². The fourth-order valence-corrected chi connectivity index (χ4v) is 1.96. The highest BCUT2D eigenvalue weighted by molar-refractivity contribution is 7.89. The molecule has 0 saturated heterocycles. The molecular formula is C11H11N3O4S. The number of aryl methyl sites for hydroxylation is 1. The van der Waals surface area contributed by atoms with Gasteiger partial charge >= 0.3 is 0 Å². The molecule has 7 nitrogen and oxygen atoms in total. The summed E-state index contributed by atoms with van der Waals surface area (Å²) in [5.74, 6) is 0.0146. The van der Waals surface area contributed by atoms with Crippen LogP contribution in [-0.4, -0.2) is 19.5 Å². The number of nitrogens with two attached hydrogens (primary N) is 1. The third-order valence-corrected chi connectivity index (χ3v) is 3.37. The van der Waals surface area contributed by atoms with Crippen LogP contribution in [0.4, 0.5) is 5.69 Å². The van der Waals surface area contributed by atoms with Gasteiger partial charge in [-0.05, 0) is 31.2 Å². The van der Waals surface area contributed by atoms with Crippen LogP contribution in [0.2, 0.25) is 0 Å². The van der Waals surface area contributed by atoms with Crippen molar-refractivity contribution < 1.29 is 17.7 Å². The fourth-order valence-electron chi connectivity index (χ4n) is 1.44. The molecule has 0 aliphatic heterocycles. The zero-order valence-corrected chi connectivity index (χ0v) is 10.8. The molecule has 0 fully saturated rings. The van der Waals surface area contributed by atoms with E-state index in [0.717, 1.165) is 0 Å². The molecule has 2 aromatic rings. The molecule has 0 spiro atoms. The first kappa shape index (κ1) is 13.2. The Morgan fingerprint density at radius 3 is 2.42 bits per heavy atom. The van der Waals surface area contributed by atoms with Gasteiger partial charge in [-0.25, -0.2) is 13.6 Å². The standard InChI is InChI=1S/C11H11N3O4S/c1-7-10(6-13-18-7)11(15)14-8-2-4-9(5-3-8)19(12,16)17/h2-6H,1H3,(H,14,15)(H2,12,16,17). The van der Waals surface area contributed by atoms with Crippen molar-refractivity contribution >= 4 is 21.6 Å². The van der Waals surface area contributed by atoms with Gasteiger partial charge in [0.25, 0.3) is 5.91 Å². The van der Waals surface area contributed by atoms with Crippen LogP contribution in [0.25, 0.3) is 0 Å². The Balaban J connectivity index is 2.17. The number of carbonyl (C=O) groups is 1. The molecule has 0 bridgehead atoms. The predicted molar refractivity (Wildman–Crippen MR) is 67.0 cm³/mol. The Labute approximate surface area is 109 Å². The molecule has 1 heterocycles. The van der Waals surface area contributed by atoms with E-state index < -0.39 is 10.0 Å². The van der Waals surface area contributed by atoms with E-state index in [9.17, 15) is 13.2 Å². The number of hydrogen-bond acceptors (Lipinski definition) is 5. The molecule has 8 heteroatoms. The van der Waals surface area contributed by atoms with Gasteiger partial charge < -0.3 is 9.84 Å². The molecule has 0 saturated carbocycles. The maximum absolute atomic E-state index is 11.8. The molecule has 1 aromatic heterocycles. The molecule has 2 rings (SSSR count). The summed E-state index contributed by atoms with van der Waals surface area (Å²) in [7, 11) is -3.74. The highest BCUT2D eigenvalue weighted by Gasteiger charge is 2.13. The number of sulfonamides is 1. The molecule has 19 heavy (non-hydrogen) atoms. The monoisotopic (exact) mass is 281 g/mol. The normalized spacial score (nSPS) is 11.3. The summed E-state index contributed by atoms with van der Waals surface area (Å²) < 4.78 is 26.9. The Morgan fingerprint density at radius 1 is 1.32 bits per heavy atom. The number of benzene rings is 1. The summed E-state index contributed by atoms with van der Waals surface area (Å²) in [6.07, 6.45) is 1.31. The van der Waals surface area contributed by atoms with Crippen LogP contribution >= 0.6 is 0 Å². The van der Waals surface area contributed by atoms with Crippen molar-refractivity contribution in [2.24, 2.45) is 5.14 Å². The van der Waals surface area contributed by atoms with Crippen molar-refractivity contribution in [1.29, 1.82) is 0 Å². The van der Waals surface area contributed by atoms with E-state index in [4.69, 9.17) is 9.66 Å². The van der Waals surface area contributed by atoms with Gasteiger partial charge in [0.15, 0.2) is 0 Å². The Hall–Kier alpha value is -2.19. The third kappa shape index (κ3) is 2.98. The van der Waals surface area contributed by atoms with Crippen molar-refractivity contribution in [2.45, 2.75) is 11.8 Å². The second kappa shape index (κ2) is 4.82. The summed E-state index contributed by atoms with van der Waals surface area (Å²) in [6, 6.07) is 5.51. The molecular weight excluding hydrogens is 270 g/mol. The zero-order chi connectivity index (χ0) is 14.0. The van der Waals surface area contributed by atoms with Crippen molar-refractivity contribution in [3.63, 3.8) is 0 Å². The quantitative estimate of drug-likeness (QED) is 0.866. The van der Waals surface area contributed by atoms with Crippen molar-refractivity contribution in [3.05, 3.63) is 41.8 Å². The van der Waals surface area contributed by atoms with Crippen LogP contribution in [0.5, 0.6) is 0 Å². The van der Waals surface area contributed by atoms with Crippen LogP contribution in [-0.2, 0) is 10.0 Å². The Bertz CT molecular complexity index is 704. The number of nitrogens with one attached hydrogen (secondary N) is 1. The van der Waals surface area contributed by atoms with Gasteiger partial charge in [-0.1, -0.05) is 5.16 Å². The van der Waals surface area contributed by atoms with Gasteiger partial charge in [0.1, 0.15) is 11.3 Å². The third-order valence-electron chi connectivity index (χ3n) is 2.44. The van der Waals surface area contributed by atoms with E-state index in [2.05, 4.69) is 10.5 Å². The number of carbonyl (C=O) groups excluding carboxylic acids is 1. The topological polar surface area (TPSA) is 115 Å². The van der Waals surface area contributed by atoms with E-state index in [1.807, 2.05) is 0 Å². The van der Waals surface area contributed by atoms with E-state index in [0.29, 0.717) is 17.0 Å². The van der Waals surface area contributed by atoms with Gasteiger partial charge in [-0.3, -0.25) is 4.79 Å². The summed E-state index contributed by atoms with van der Waals surface area (Å²) in [6.45, 7) is 1.62. The van der Waals surface area contributed by atoms with Crippen LogP contribution in [0.3, 0.4) is 0 Å². The number of aromatic nitrogens is 1. The van der Waals surface area contributed by atoms with Crippen LogP contribution < -0.4 is 10.5 Å². The molecule has 3 N–H and O–H groups in total. The highest BCUT2D eigenvalue weighted by atomic mass is 32.2. The number of primary sulfonamides is 1. The maximum atomic E-state index is 11.8. The zero-order valence-electron chi connectivity index (χ0n) is 9.95. The minimum absolute atomic E-state index is 0.0216. The maximum Gasteiger partial charge on any atom is 0.260 e. The van der Waals surface area contributed by atoms with Crippen molar-refractivity contribution in [1.82, 2.24) is 5.16 Å². The van der Waals surface area contributed by atoms with Gasteiger partial charge in [0.05, 0.1) is 11.1 Å². The molecule has 0 unspecified atom stereocenters. The average molecular weight is 281 g/mol. The second-order valence-corrected chi connectivity index (χ2v) is 5.38. The lowest BCUT2D eigenvalue weighted by molar-refractivity contribution is 0.102. The first-order valence-electron chi connectivity index (χ1n) is 5.23. The van der Waals surface area contributed by atoms with Crippen LogP contribution in [0, 0.1) is 6.92 Å². The first-order valence-corrected chi connectivity index (χ1v) is 6.78. The molecule has 1 aromatic carbocycles. The minimum Gasteiger partial charge on any atom is -0.361 e. The fraction of sp³-hybridized carbons (Fsp3) is 0.0909. The number of amides is 1. The van der Waals surface area contributed by atoms with Crippen molar-refractivity contribution in [2.75, 3.05) is 5.32 Å². The minimum atomic E-state index is -3.74. The van der Waals surface area contributed by atoms with E-state index in [1.165, 1.54) is 30.5 Å². The molecule has 1 amide bonds. The number of anilines is 1. The lowest BCUT2D eigenvalue weighted by Crippen LogP contribution is -2.14. The Kier molecular flexibility index (Phi) is 3.36. The Morgan fingerprint density at radius 2 is 1.95 bits per heavy atom. The second-order valence-electron chi connectivity index (χ2n) is 3.82. The predicted octanol–water partition coefficient (Wildman–Crippen LogP) is 0.883. The van der Waals surface area contributed by atoms with Gasteiger partial charge in [-0.15, -0.1) is 0 Å². The van der Waals surface area contributed by atoms with Crippen LogP contribution in [0.1, 0.15) is 16.1 Å². The molecule has 100 valence electrons. The largest absolute Gasteiger partial charge is 0.361 e. The lowest BCUT2D eigenvalue weighted by Gasteiger charge is -2.04. The van der Waals surface area contributed by atoms with E-state index in [1.54, 1.807) is 6.92 Å². The summed E-state index contributed by atoms with van der Waals surface area (Å²) in [5, 5.41) is 11.1. The smallest absolute Gasteiger partial charge is 0.260 e. The molecule has 0 atom stereocenters. The molecule has 0 radical (unpaired) electrons. The number of hydrogen-bond donors (Lipinski definition) is 2. The van der Waals surface area contributed by atoms with Gasteiger partial charge in [0, 0.05) is 5.69 Å². The number of rotatable bonds is 3. The molecule has 0 aliphatic carbocycles.